The fourth-order valence-corrected chi connectivity index (χ4v) is 2.12. The number of benzene rings is 1. The molecular weight excluding hydrogens is 339 g/mol. The molecule has 0 saturated carbocycles. The van der Waals surface area contributed by atoms with Crippen LogP contribution in [0.25, 0.3) is 0 Å². The molecule has 8 heteroatoms. The summed E-state index contributed by atoms with van der Waals surface area (Å²) in [5.41, 5.74) is 5.61. The van der Waals surface area contributed by atoms with Gasteiger partial charge in [0.05, 0.1) is 5.69 Å². The molecule has 0 aliphatic rings. The highest BCUT2D eigenvalue weighted by Crippen LogP contribution is 2.34. The Labute approximate surface area is 120 Å². The molecule has 1 heterocycles. The van der Waals surface area contributed by atoms with Crippen molar-refractivity contribution < 1.29 is 17.9 Å². The fraction of sp³-hybridized carbons (Fsp3) is 0.167. The van der Waals surface area contributed by atoms with Crippen molar-refractivity contribution in [2.45, 2.75) is 13.1 Å². The van der Waals surface area contributed by atoms with Crippen LogP contribution in [-0.4, -0.2) is 9.97 Å². The lowest BCUT2D eigenvalue weighted by atomic mass is 10.2. The van der Waals surface area contributed by atoms with E-state index in [2.05, 4.69) is 25.9 Å². The second kappa shape index (κ2) is 5.28. The van der Waals surface area contributed by atoms with Gasteiger partial charge in [0, 0.05) is 10.7 Å². The first-order valence-corrected chi connectivity index (χ1v) is 6.20. The molecule has 0 radical (unpaired) electrons. The van der Waals surface area contributed by atoms with Gasteiger partial charge in [-0.15, -0.1) is 0 Å². The van der Waals surface area contributed by atoms with E-state index < -0.39 is 17.9 Å². The summed E-state index contributed by atoms with van der Waals surface area (Å²) in [5, 5.41) is 0. The van der Waals surface area contributed by atoms with E-state index in [1.165, 1.54) is 0 Å². The van der Waals surface area contributed by atoms with Crippen LogP contribution in [-0.2, 0) is 6.18 Å². The second-order valence-electron chi connectivity index (χ2n) is 3.97. The first-order chi connectivity index (χ1) is 9.27. The maximum Gasteiger partial charge on any atom is 0.433 e. The lowest BCUT2D eigenvalue weighted by Crippen LogP contribution is -2.09. The van der Waals surface area contributed by atoms with Crippen LogP contribution in [0, 0.1) is 6.92 Å². The third kappa shape index (κ3) is 3.19. The molecule has 0 aliphatic heterocycles. The van der Waals surface area contributed by atoms with Gasteiger partial charge in [-0.2, -0.15) is 18.2 Å². The van der Waals surface area contributed by atoms with Crippen molar-refractivity contribution in [3.05, 3.63) is 40.1 Å². The molecule has 0 amide bonds. The third-order valence-corrected chi connectivity index (χ3v) is 2.84. The quantitative estimate of drug-likeness (QED) is 0.835. The minimum atomic E-state index is -4.55. The molecule has 4 nitrogen and oxygen atoms in total. The summed E-state index contributed by atoms with van der Waals surface area (Å²) in [6, 6.07) is 3.66. The first kappa shape index (κ1) is 14.6. The highest BCUT2D eigenvalue weighted by Gasteiger charge is 2.33. The SMILES string of the molecule is Cc1cc(Br)cc(N)c1Oc1nccc(C(F)(F)F)n1. The molecule has 2 rings (SSSR count). The lowest BCUT2D eigenvalue weighted by molar-refractivity contribution is -0.141. The van der Waals surface area contributed by atoms with Crippen molar-refractivity contribution in [2.24, 2.45) is 0 Å². The number of ether oxygens (including phenoxy) is 1. The average molecular weight is 348 g/mol. The van der Waals surface area contributed by atoms with Crippen LogP contribution in [0.2, 0.25) is 0 Å². The minimum absolute atomic E-state index is 0.229. The molecule has 2 aromatic rings. The zero-order valence-corrected chi connectivity index (χ0v) is 11.8. The summed E-state index contributed by atoms with van der Waals surface area (Å²) in [6.45, 7) is 1.71. The standard InChI is InChI=1S/C12H9BrF3N3O/c1-6-4-7(13)5-8(17)10(6)20-11-18-3-2-9(19-11)12(14,15)16/h2-5H,17H2,1H3. The summed E-state index contributed by atoms with van der Waals surface area (Å²) in [6.07, 6.45) is -3.57. The van der Waals surface area contributed by atoms with Crippen LogP contribution in [0.4, 0.5) is 18.9 Å². The number of halogens is 4. The number of nitrogen functional groups attached to an aromatic ring is 1. The van der Waals surface area contributed by atoms with Crippen molar-refractivity contribution in [3.8, 4) is 11.8 Å². The fourth-order valence-electron chi connectivity index (χ4n) is 1.53. The summed E-state index contributed by atoms with van der Waals surface area (Å²) in [5.74, 6) is 0.229. The zero-order valence-electron chi connectivity index (χ0n) is 10.2. The van der Waals surface area contributed by atoms with Gasteiger partial charge in [-0.3, -0.25) is 0 Å². The summed E-state index contributed by atoms with van der Waals surface area (Å²) in [4.78, 5) is 6.97. The number of anilines is 1. The van der Waals surface area contributed by atoms with E-state index in [0.29, 0.717) is 5.56 Å². The smallest absolute Gasteiger partial charge is 0.422 e. The predicted molar refractivity (Wildman–Crippen MR) is 70.4 cm³/mol. The van der Waals surface area contributed by atoms with Crippen molar-refractivity contribution >= 4 is 21.6 Å². The van der Waals surface area contributed by atoms with Gasteiger partial charge in [0.15, 0.2) is 11.4 Å². The topological polar surface area (TPSA) is 61.0 Å². The maximum absolute atomic E-state index is 12.5. The monoisotopic (exact) mass is 347 g/mol. The number of hydrogen-bond donors (Lipinski definition) is 1. The van der Waals surface area contributed by atoms with Crippen LogP contribution < -0.4 is 10.5 Å². The Hall–Kier alpha value is -1.83. The molecular formula is C12H9BrF3N3O. The number of nitrogens with two attached hydrogens (primary N) is 1. The van der Waals surface area contributed by atoms with Crippen molar-refractivity contribution in [3.63, 3.8) is 0 Å². The van der Waals surface area contributed by atoms with Gasteiger partial charge in [0.25, 0.3) is 0 Å². The van der Waals surface area contributed by atoms with Crippen molar-refractivity contribution in [2.75, 3.05) is 5.73 Å². The number of hydrogen-bond acceptors (Lipinski definition) is 4. The Balaban J connectivity index is 2.36. The molecule has 0 spiro atoms. The Morgan fingerprint density at radius 2 is 2.00 bits per heavy atom. The van der Waals surface area contributed by atoms with Gasteiger partial charge in [-0.25, -0.2) is 4.98 Å². The van der Waals surface area contributed by atoms with E-state index in [-0.39, 0.29) is 11.4 Å². The molecule has 1 aromatic carbocycles. The van der Waals surface area contributed by atoms with E-state index in [1.54, 1.807) is 19.1 Å². The Morgan fingerprint density at radius 1 is 1.30 bits per heavy atom. The number of rotatable bonds is 2. The highest BCUT2D eigenvalue weighted by atomic mass is 79.9. The summed E-state index contributed by atoms with van der Waals surface area (Å²) >= 11 is 3.25. The van der Waals surface area contributed by atoms with E-state index in [9.17, 15) is 13.2 Å². The number of aryl methyl sites for hydroxylation is 1. The zero-order chi connectivity index (χ0) is 14.9. The molecule has 1 aromatic heterocycles. The molecule has 106 valence electrons. The molecule has 0 bridgehead atoms. The van der Waals surface area contributed by atoms with Crippen LogP contribution in [0.1, 0.15) is 11.3 Å². The molecule has 0 fully saturated rings. The van der Waals surface area contributed by atoms with E-state index in [0.717, 1.165) is 16.7 Å². The molecule has 0 aliphatic carbocycles. The van der Waals surface area contributed by atoms with Gasteiger partial charge in [0.2, 0.25) is 0 Å². The largest absolute Gasteiger partial charge is 0.433 e. The molecule has 0 saturated heterocycles. The predicted octanol–water partition coefficient (Wildman–Crippen LogP) is 3.94. The molecule has 20 heavy (non-hydrogen) atoms. The van der Waals surface area contributed by atoms with E-state index >= 15 is 0 Å². The van der Waals surface area contributed by atoms with Gasteiger partial charge in [-0.05, 0) is 30.7 Å². The van der Waals surface area contributed by atoms with E-state index in [4.69, 9.17) is 10.5 Å². The minimum Gasteiger partial charge on any atom is -0.422 e. The number of aromatic nitrogens is 2. The van der Waals surface area contributed by atoms with Crippen LogP contribution >= 0.6 is 15.9 Å². The molecule has 0 unspecified atom stereocenters. The second-order valence-corrected chi connectivity index (χ2v) is 4.88. The Morgan fingerprint density at radius 3 is 2.60 bits per heavy atom. The van der Waals surface area contributed by atoms with Crippen molar-refractivity contribution in [1.82, 2.24) is 9.97 Å². The van der Waals surface area contributed by atoms with Crippen LogP contribution in [0.5, 0.6) is 11.8 Å². The Bertz CT molecular complexity index is 623. The maximum atomic E-state index is 12.5. The van der Waals surface area contributed by atoms with Crippen molar-refractivity contribution in [1.29, 1.82) is 0 Å². The Kier molecular flexibility index (Phi) is 3.85. The summed E-state index contributed by atoms with van der Waals surface area (Å²) < 4.78 is 43.6. The first-order valence-electron chi connectivity index (χ1n) is 5.41. The van der Waals surface area contributed by atoms with Crippen LogP contribution in [0.3, 0.4) is 0 Å². The number of alkyl halides is 3. The number of nitrogens with zero attached hydrogens (tertiary/aromatic N) is 2. The van der Waals surface area contributed by atoms with Gasteiger partial charge in [0.1, 0.15) is 0 Å². The van der Waals surface area contributed by atoms with E-state index in [1.807, 2.05) is 0 Å². The van der Waals surface area contributed by atoms with Gasteiger partial charge < -0.3 is 10.5 Å². The summed E-state index contributed by atoms with van der Waals surface area (Å²) in [7, 11) is 0. The normalized spacial score (nSPS) is 11.4. The van der Waals surface area contributed by atoms with Crippen LogP contribution in [0.15, 0.2) is 28.9 Å². The average Bonchev–Trinajstić information content (AvgIpc) is 2.33. The molecule has 0 atom stereocenters. The van der Waals surface area contributed by atoms with Gasteiger partial charge >= 0.3 is 12.2 Å². The lowest BCUT2D eigenvalue weighted by Gasteiger charge is -2.11. The van der Waals surface area contributed by atoms with Gasteiger partial charge in [-0.1, -0.05) is 15.9 Å². The molecule has 2 N–H and O–H groups in total. The third-order valence-electron chi connectivity index (χ3n) is 2.39. The highest BCUT2D eigenvalue weighted by molar-refractivity contribution is 9.10.